The number of likely N-dealkylation sites (tertiary alicyclic amines) is 1. The fourth-order valence-electron chi connectivity index (χ4n) is 5.13. The minimum absolute atomic E-state index is 0.00291. The molecule has 2 aromatic rings. The van der Waals surface area contributed by atoms with E-state index in [0.29, 0.717) is 29.0 Å². The van der Waals surface area contributed by atoms with Crippen LogP contribution in [0, 0.1) is 23.1 Å². The number of anilines is 1. The number of carbonyl (C=O) groups excluding carboxylic acids is 1. The molecule has 32 heavy (non-hydrogen) atoms. The lowest BCUT2D eigenvalue weighted by Gasteiger charge is -2.42. The average molecular weight is 499 g/mol. The number of aromatic nitrogens is 1. The van der Waals surface area contributed by atoms with E-state index in [1.54, 1.807) is 12.3 Å². The first-order valence-electron chi connectivity index (χ1n) is 10.9. The number of ether oxygens (including phenoxy) is 1. The van der Waals surface area contributed by atoms with Gasteiger partial charge in [-0.15, -0.1) is 0 Å². The molecule has 2 aliphatic heterocycles. The minimum atomic E-state index is -0.555. The van der Waals surface area contributed by atoms with E-state index in [1.165, 1.54) is 12.1 Å². The Hall–Kier alpha value is -2.50. The van der Waals surface area contributed by atoms with Crippen molar-refractivity contribution in [2.75, 3.05) is 24.6 Å². The van der Waals surface area contributed by atoms with Crippen LogP contribution in [0.5, 0.6) is 0 Å². The largest absolute Gasteiger partial charge is 0.360 e. The van der Waals surface area contributed by atoms with Crippen LogP contribution in [-0.4, -0.2) is 47.6 Å². The number of hydrogen-bond acceptors (Lipinski definition) is 5. The molecule has 0 radical (unpaired) electrons. The van der Waals surface area contributed by atoms with Crippen molar-refractivity contribution in [2.45, 2.75) is 43.9 Å². The third-order valence-corrected chi connectivity index (χ3v) is 7.41. The Labute approximate surface area is 195 Å². The number of fused-ring (bicyclic) bond motifs is 2. The summed E-state index contributed by atoms with van der Waals surface area (Å²) in [6.45, 7) is 3.47. The SMILES string of the molecule is C[C@@H]1CC2CN(C(=O)COC3(c4cc(F)cc(Br)c4)CC3)CC1N2c1ccc(C#N)cn1. The van der Waals surface area contributed by atoms with E-state index >= 15 is 0 Å². The normalized spacial score (nSPS) is 25.5. The summed E-state index contributed by atoms with van der Waals surface area (Å²) >= 11 is 3.34. The van der Waals surface area contributed by atoms with Crippen LogP contribution in [0.3, 0.4) is 0 Å². The minimum Gasteiger partial charge on any atom is -0.360 e. The second kappa shape index (κ2) is 8.13. The molecule has 1 amide bonds. The van der Waals surface area contributed by atoms with Crippen molar-refractivity contribution in [3.05, 3.63) is 57.9 Å². The fourth-order valence-corrected chi connectivity index (χ4v) is 5.60. The first kappa shape index (κ1) is 21.4. The zero-order chi connectivity index (χ0) is 22.5. The number of nitriles is 1. The molecule has 3 aliphatic rings. The average Bonchev–Trinajstić information content (AvgIpc) is 3.54. The van der Waals surface area contributed by atoms with Crippen LogP contribution in [0.1, 0.15) is 37.3 Å². The topological polar surface area (TPSA) is 69.5 Å². The summed E-state index contributed by atoms with van der Waals surface area (Å²) in [5.41, 5.74) is 0.767. The van der Waals surface area contributed by atoms with E-state index in [1.807, 2.05) is 17.0 Å². The molecule has 1 aromatic heterocycles. The first-order chi connectivity index (χ1) is 15.4. The van der Waals surface area contributed by atoms with Crippen LogP contribution in [-0.2, 0) is 15.1 Å². The maximum atomic E-state index is 13.8. The number of nitrogens with zero attached hydrogens (tertiary/aromatic N) is 4. The third kappa shape index (κ3) is 3.89. The molecular formula is C24H24BrFN4O2. The molecule has 5 rings (SSSR count). The first-order valence-corrected chi connectivity index (χ1v) is 11.7. The second-order valence-corrected chi connectivity index (χ2v) is 10.0. The molecule has 0 spiro atoms. The lowest BCUT2D eigenvalue weighted by Crippen LogP contribution is -2.57. The number of hydrogen-bond donors (Lipinski definition) is 0. The van der Waals surface area contributed by atoms with Crippen molar-refractivity contribution in [1.82, 2.24) is 9.88 Å². The number of pyridine rings is 1. The fraction of sp³-hybridized carbons (Fsp3) is 0.458. The Balaban J connectivity index is 1.25. The van der Waals surface area contributed by atoms with Gasteiger partial charge in [0, 0.05) is 29.8 Å². The zero-order valence-electron chi connectivity index (χ0n) is 17.8. The van der Waals surface area contributed by atoms with Crippen LogP contribution in [0.15, 0.2) is 41.0 Å². The number of piperazine rings is 1. The van der Waals surface area contributed by atoms with Gasteiger partial charge < -0.3 is 14.5 Å². The lowest BCUT2D eigenvalue weighted by molar-refractivity contribution is -0.140. The summed E-state index contributed by atoms with van der Waals surface area (Å²) in [7, 11) is 0. The summed E-state index contributed by atoms with van der Waals surface area (Å²) in [4.78, 5) is 21.7. The number of carbonyl (C=O) groups is 1. The third-order valence-electron chi connectivity index (χ3n) is 6.95. The molecule has 2 bridgehead atoms. The van der Waals surface area contributed by atoms with Crippen LogP contribution >= 0.6 is 15.9 Å². The van der Waals surface area contributed by atoms with Crippen molar-refractivity contribution in [2.24, 2.45) is 5.92 Å². The molecule has 2 unspecified atom stereocenters. The summed E-state index contributed by atoms with van der Waals surface area (Å²) < 4.78 is 20.6. The summed E-state index contributed by atoms with van der Waals surface area (Å²) in [6.07, 6.45) is 4.18. The van der Waals surface area contributed by atoms with E-state index in [4.69, 9.17) is 10.00 Å². The Morgan fingerprint density at radius 1 is 1.34 bits per heavy atom. The zero-order valence-corrected chi connectivity index (χ0v) is 19.4. The van der Waals surface area contributed by atoms with Gasteiger partial charge in [-0.3, -0.25) is 4.79 Å². The number of halogens is 2. The molecule has 166 valence electrons. The maximum Gasteiger partial charge on any atom is 0.248 e. The molecule has 1 aliphatic carbocycles. The van der Waals surface area contributed by atoms with Crippen molar-refractivity contribution in [3.63, 3.8) is 0 Å². The van der Waals surface area contributed by atoms with Crippen LogP contribution in [0.4, 0.5) is 10.2 Å². The van der Waals surface area contributed by atoms with Crippen LogP contribution < -0.4 is 4.90 Å². The molecule has 0 N–H and O–H groups in total. The van der Waals surface area contributed by atoms with Crippen LogP contribution in [0.2, 0.25) is 0 Å². The highest BCUT2D eigenvalue weighted by Crippen LogP contribution is 2.50. The van der Waals surface area contributed by atoms with Crippen molar-refractivity contribution in [1.29, 1.82) is 5.26 Å². The van der Waals surface area contributed by atoms with Crippen LogP contribution in [0.25, 0.3) is 0 Å². The molecule has 3 fully saturated rings. The van der Waals surface area contributed by atoms with Gasteiger partial charge in [0.25, 0.3) is 0 Å². The van der Waals surface area contributed by atoms with Gasteiger partial charge in [0.2, 0.25) is 5.91 Å². The number of rotatable bonds is 5. The van der Waals surface area contributed by atoms with Gasteiger partial charge >= 0.3 is 0 Å². The molecule has 8 heteroatoms. The molecule has 3 atom stereocenters. The summed E-state index contributed by atoms with van der Waals surface area (Å²) in [6, 6.07) is 11.0. The maximum absolute atomic E-state index is 13.8. The van der Waals surface area contributed by atoms with Gasteiger partial charge in [-0.2, -0.15) is 5.26 Å². The quantitative estimate of drug-likeness (QED) is 0.623. The Kier molecular flexibility index (Phi) is 5.42. The molecular weight excluding hydrogens is 475 g/mol. The molecule has 2 saturated heterocycles. The molecule has 1 saturated carbocycles. The highest BCUT2D eigenvalue weighted by Gasteiger charge is 2.48. The molecule has 1 aromatic carbocycles. The Morgan fingerprint density at radius 3 is 2.78 bits per heavy atom. The predicted molar refractivity (Wildman–Crippen MR) is 120 cm³/mol. The van der Waals surface area contributed by atoms with E-state index in [2.05, 4.69) is 38.8 Å². The number of amides is 1. The van der Waals surface area contributed by atoms with Crippen molar-refractivity contribution < 1.29 is 13.9 Å². The van der Waals surface area contributed by atoms with E-state index < -0.39 is 5.60 Å². The highest BCUT2D eigenvalue weighted by molar-refractivity contribution is 9.10. The standard InChI is InChI=1S/C24H24BrFN4O2/c1-15-6-20-12-29(13-21(15)30(20)22-3-2-16(10-27)11-28-22)23(31)14-32-24(4-5-24)17-7-18(25)9-19(26)8-17/h2-3,7-9,11,15,20-21H,4-6,12-14H2,1H3/t15-,20?,21?/m1/s1. The van der Waals surface area contributed by atoms with Gasteiger partial charge in [-0.25, -0.2) is 9.37 Å². The Morgan fingerprint density at radius 2 is 2.16 bits per heavy atom. The van der Waals surface area contributed by atoms with E-state index in [0.717, 1.165) is 30.6 Å². The number of benzene rings is 1. The van der Waals surface area contributed by atoms with Crippen molar-refractivity contribution in [3.8, 4) is 6.07 Å². The van der Waals surface area contributed by atoms with Gasteiger partial charge in [0.15, 0.2) is 0 Å². The van der Waals surface area contributed by atoms with E-state index in [9.17, 15) is 9.18 Å². The monoisotopic (exact) mass is 498 g/mol. The molecule has 3 heterocycles. The van der Waals surface area contributed by atoms with Gasteiger partial charge in [-0.1, -0.05) is 22.9 Å². The smallest absolute Gasteiger partial charge is 0.248 e. The molecule has 6 nitrogen and oxygen atoms in total. The van der Waals surface area contributed by atoms with Gasteiger partial charge in [0.1, 0.15) is 24.3 Å². The van der Waals surface area contributed by atoms with Gasteiger partial charge in [-0.05, 0) is 61.1 Å². The van der Waals surface area contributed by atoms with Crippen molar-refractivity contribution >= 4 is 27.7 Å². The summed E-state index contributed by atoms with van der Waals surface area (Å²) in [5, 5.41) is 9.02. The lowest BCUT2D eigenvalue weighted by atomic mass is 10.0. The highest BCUT2D eigenvalue weighted by atomic mass is 79.9. The second-order valence-electron chi connectivity index (χ2n) is 9.10. The predicted octanol–water partition coefficient (Wildman–Crippen LogP) is 3.99. The summed E-state index contributed by atoms with van der Waals surface area (Å²) in [5.74, 6) is 0.966. The van der Waals surface area contributed by atoms with Gasteiger partial charge in [0.05, 0.1) is 17.2 Å². The Bertz CT molecular complexity index is 1060. The van der Waals surface area contributed by atoms with E-state index in [-0.39, 0.29) is 30.4 Å².